The number of amides is 1. The lowest BCUT2D eigenvalue weighted by Gasteiger charge is -2.28. The van der Waals surface area contributed by atoms with E-state index in [-0.39, 0.29) is 11.6 Å². The van der Waals surface area contributed by atoms with Crippen LogP contribution in [0.15, 0.2) is 66.4 Å². The Morgan fingerprint density at radius 3 is 2.39 bits per heavy atom. The summed E-state index contributed by atoms with van der Waals surface area (Å²) in [6, 6.07) is 19.6. The molecule has 0 saturated carbocycles. The summed E-state index contributed by atoms with van der Waals surface area (Å²) in [6.45, 7) is 4.10. The first-order valence-corrected chi connectivity index (χ1v) is 9.75. The van der Waals surface area contributed by atoms with Gasteiger partial charge in [-0.3, -0.25) is 4.79 Å². The number of piperidine rings is 1. The van der Waals surface area contributed by atoms with Crippen LogP contribution in [0.2, 0.25) is 0 Å². The van der Waals surface area contributed by atoms with Crippen LogP contribution in [0.3, 0.4) is 0 Å². The highest BCUT2D eigenvalue weighted by molar-refractivity contribution is 5.97. The summed E-state index contributed by atoms with van der Waals surface area (Å²) in [4.78, 5) is 14.8. The van der Waals surface area contributed by atoms with Crippen LogP contribution in [0.1, 0.15) is 37.8 Å². The van der Waals surface area contributed by atoms with Gasteiger partial charge in [-0.1, -0.05) is 30.3 Å². The summed E-state index contributed by atoms with van der Waals surface area (Å²) in [5.74, 6) is -0.392. The van der Waals surface area contributed by atoms with Crippen molar-refractivity contribution in [1.29, 1.82) is 5.26 Å². The Kier molecular flexibility index (Phi) is 6.69. The van der Waals surface area contributed by atoms with Crippen LogP contribution in [0.25, 0.3) is 0 Å². The quantitative estimate of drug-likeness (QED) is 0.582. The van der Waals surface area contributed by atoms with Crippen LogP contribution < -0.4 is 15.5 Å². The molecule has 0 bridgehead atoms. The van der Waals surface area contributed by atoms with Gasteiger partial charge in [0, 0.05) is 30.7 Å². The van der Waals surface area contributed by atoms with Crippen molar-refractivity contribution in [3.63, 3.8) is 0 Å². The van der Waals surface area contributed by atoms with Crippen molar-refractivity contribution in [2.45, 2.75) is 32.2 Å². The third-order valence-corrected chi connectivity index (χ3v) is 4.98. The van der Waals surface area contributed by atoms with Gasteiger partial charge in [0.05, 0.1) is 6.04 Å². The topological polar surface area (TPSA) is 68.2 Å². The van der Waals surface area contributed by atoms with Gasteiger partial charge in [0.1, 0.15) is 11.6 Å². The second-order valence-corrected chi connectivity index (χ2v) is 7.01. The number of nitrogens with zero attached hydrogens (tertiary/aromatic N) is 2. The fourth-order valence-corrected chi connectivity index (χ4v) is 3.32. The molecule has 1 atom stereocenters. The van der Waals surface area contributed by atoms with Gasteiger partial charge >= 0.3 is 0 Å². The van der Waals surface area contributed by atoms with Gasteiger partial charge in [-0.15, -0.1) is 0 Å². The molecular formula is C23H26N4O. The first kappa shape index (κ1) is 19.5. The summed E-state index contributed by atoms with van der Waals surface area (Å²) in [6.07, 6.45) is 5.25. The van der Waals surface area contributed by atoms with Crippen molar-refractivity contribution in [3.8, 4) is 6.07 Å². The number of nitrogens with one attached hydrogen (secondary N) is 2. The highest BCUT2D eigenvalue weighted by atomic mass is 16.1. The molecule has 1 aliphatic rings. The summed E-state index contributed by atoms with van der Waals surface area (Å²) in [5.41, 5.74) is 3.10. The van der Waals surface area contributed by atoms with E-state index in [4.69, 9.17) is 0 Å². The Hall–Kier alpha value is -3.26. The normalized spacial score (nSPS) is 15.4. The van der Waals surface area contributed by atoms with Crippen LogP contribution in [0.4, 0.5) is 11.4 Å². The molecule has 0 aliphatic carbocycles. The van der Waals surface area contributed by atoms with E-state index < -0.39 is 5.91 Å². The van der Waals surface area contributed by atoms with Crippen molar-refractivity contribution in [1.82, 2.24) is 5.32 Å². The fourth-order valence-electron chi connectivity index (χ4n) is 3.32. The number of hydrogen-bond donors (Lipinski definition) is 2. The average Bonchev–Trinajstić information content (AvgIpc) is 2.76. The number of rotatable bonds is 6. The van der Waals surface area contributed by atoms with E-state index in [1.807, 2.05) is 55.5 Å². The van der Waals surface area contributed by atoms with Crippen LogP contribution >= 0.6 is 0 Å². The van der Waals surface area contributed by atoms with Gasteiger partial charge in [0.25, 0.3) is 5.91 Å². The van der Waals surface area contributed by atoms with Crippen LogP contribution in [0, 0.1) is 11.3 Å². The predicted molar refractivity (Wildman–Crippen MR) is 113 cm³/mol. The van der Waals surface area contributed by atoms with Crippen molar-refractivity contribution < 1.29 is 4.79 Å². The molecule has 144 valence electrons. The van der Waals surface area contributed by atoms with E-state index in [9.17, 15) is 10.1 Å². The third-order valence-electron chi connectivity index (χ3n) is 4.98. The maximum Gasteiger partial charge on any atom is 0.263 e. The van der Waals surface area contributed by atoms with E-state index in [2.05, 4.69) is 27.7 Å². The molecule has 2 aromatic carbocycles. The zero-order valence-electron chi connectivity index (χ0n) is 16.2. The molecule has 1 saturated heterocycles. The first-order chi connectivity index (χ1) is 13.7. The molecule has 1 unspecified atom stereocenters. The summed E-state index contributed by atoms with van der Waals surface area (Å²) >= 11 is 0. The Bertz CT molecular complexity index is 846. The van der Waals surface area contributed by atoms with Crippen LogP contribution in [-0.4, -0.2) is 19.0 Å². The van der Waals surface area contributed by atoms with E-state index in [0.717, 1.165) is 24.3 Å². The Labute approximate surface area is 166 Å². The molecule has 28 heavy (non-hydrogen) atoms. The molecule has 5 nitrogen and oxygen atoms in total. The maximum absolute atomic E-state index is 12.4. The van der Waals surface area contributed by atoms with Gasteiger partial charge in [-0.25, -0.2) is 0 Å². The second kappa shape index (κ2) is 9.61. The minimum Gasteiger partial charge on any atom is -0.372 e. The summed E-state index contributed by atoms with van der Waals surface area (Å²) < 4.78 is 0. The number of hydrogen-bond acceptors (Lipinski definition) is 4. The molecule has 5 heteroatoms. The molecule has 1 amide bonds. The van der Waals surface area contributed by atoms with E-state index in [1.165, 1.54) is 31.1 Å². The third kappa shape index (κ3) is 5.14. The Balaban J connectivity index is 1.59. The molecule has 3 rings (SSSR count). The summed E-state index contributed by atoms with van der Waals surface area (Å²) in [7, 11) is 0. The molecule has 1 fully saturated rings. The molecule has 2 N–H and O–H groups in total. The molecule has 1 heterocycles. The molecule has 0 radical (unpaired) electrons. The number of carbonyl (C=O) groups is 1. The standard InChI is InChI=1S/C23H26N4O/c1-18(19-8-4-2-5-9-19)26-23(28)20(16-24)17-25-21-10-12-22(13-11-21)27-14-6-3-7-15-27/h2,4-5,8-13,17-18,25H,3,6-7,14-15H2,1H3,(H,26,28)/b20-17-. The van der Waals surface area contributed by atoms with Gasteiger partial charge in [-0.2, -0.15) is 5.26 Å². The zero-order valence-corrected chi connectivity index (χ0v) is 16.2. The van der Waals surface area contributed by atoms with Crippen molar-refractivity contribution in [3.05, 3.63) is 71.9 Å². The fraction of sp³-hybridized carbons (Fsp3) is 0.304. The van der Waals surface area contributed by atoms with E-state index >= 15 is 0 Å². The van der Waals surface area contributed by atoms with Crippen LogP contribution in [0.5, 0.6) is 0 Å². The Morgan fingerprint density at radius 1 is 1.07 bits per heavy atom. The first-order valence-electron chi connectivity index (χ1n) is 9.75. The SMILES string of the molecule is CC(NC(=O)/C(C#N)=C\Nc1ccc(N2CCCCC2)cc1)c1ccccc1. The highest BCUT2D eigenvalue weighted by Gasteiger charge is 2.14. The second-order valence-electron chi connectivity index (χ2n) is 7.01. The average molecular weight is 374 g/mol. The number of carbonyl (C=O) groups excluding carboxylic acids is 1. The molecule has 2 aromatic rings. The van der Waals surface area contributed by atoms with Crippen molar-refractivity contribution in [2.24, 2.45) is 0 Å². The van der Waals surface area contributed by atoms with E-state index in [0.29, 0.717) is 0 Å². The molecule has 0 aromatic heterocycles. The van der Waals surface area contributed by atoms with Crippen molar-refractivity contribution in [2.75, 3.05) is 23.3 Å². The van der Waals surface area contributed by atoms with E-state index in [1.54, 1.807) is 0 Å². The van der Waals surface area contributed by atoms with Crippen molar-refractivity contribution >= 4 is 17.3 Å². The molecule has 1 aliphatic heterocycles. The monoisotopic (exact) mass is 374 g/mol. The number of benzene rings is 2. The summed E-state index contributed by atoms with van der Waals surface area (Å²) in [5, 5.41) is 15.3. The smallest absolute Gasteiger partial charge is 0.263 e. The lowest BCUT2D eigenvalue weighted by Crippen LogP contribution is -2.29. The van der Waals surface area contributed by atoms with Crippen LogP contribution in [-0.2, 0) is 4.79 Å². The lowest BCUT2D eigenvalue weighted by molar-refractivity contribution is -0.117. The molecular weight excluding hydrogens is 348 g/mol. The maximum atomic E-state index is 12.4. The highest BCUT2D eigenvalue weighted by Crippen LogP contribution is 2.22. The zero-order chi connectivity index (χ0) is 19.8. The minimum absolute atomic E-state index is 0.0443. The predicted octanol–water partition coefficient (Wildman–Crippen LogP) is 4.37. The van der Waals surface area contributed by atoms with Gasteiger partial charge in [0.15, 0.2) is 0 Å². The van der Waals surface area contributed by atoms with Gasteiger partial charge in [-0.05, 0) is 56.0 Å². The minimum atomic E-state index is -0.392. The lowest BCUT2D eigenvalue weighted by atomic mass is 10.1. The Morgan fingerprint density at radius 2 is 1.75 bits per heavy atom. The van der Waals surface area contributed by atoms with Gasteiger partial charge < -0.3 is 15.5 Å². The number of anilines is 2. The molecule has 0 spiro atoms. The largest absolute Gasteiger partial charge is 0.372 e. The number of nitriles is 1. The van der Waals surface area contributed by atoms with Gasteiger partial charge in [0.2, 0.25) is 0 Å².